The highest BCUT2D eigenvalue weighted by molar-refractivity contribution is 5.29. The molecule has 0 amide bonds. The smallest absolute Gasteiger partial charge is 0.0962 e. The largest absolute Gasteiger partial charge is 0.387 e. The normalized spacial score (nSPS) is 28.5. The van der Waals surface area contributed by atoms with Crippen molar-refractivity contribution in [1.82, 2.24) is 4.98 Å². The molecule has 3 heteroatoms. The van der Waals surface area contributed by atoms with Crippen LogP contribution in [-0.2, 0) is 6.42 Å². The van der Waals surface area contributed by atoms with Crippen LogP contribution in [0.2, 0.25) is 0 Å². The molecule has 1 aromatic heterocycles. The minimum Gasteiger partial charge on any atom is -0.387 e. The van der Waals surface area contributed by atoms with Crippen LogP contribution in [0.25, 0.3) is 0 Å². The maximum atomic E-state index is 9.48. The third-order valence-electron chi connectivity index (χ3n) is 2.08. The molecule has 2 rings (SSSR count). The number of rotatable bonds is 0. The summed E-state index contributed by atoms with van der Waals surface area (Å²) in [6, 6.07) is 3.53. The standard InChI is InChI=1S/C8H10N2O/c9-6-4-7-5(8(6)11)2-1-3-10-7/h1-3,6,8,11H,4,9H2. The molecule has 3 N–H and O–H groups in total. The van der Waals surface area contributed by atoms with Crippen LogP contribution in [0.3, 0.4) is 0 Å². The Balaban J connectivity index is 2.47. The van der Waals surface area contributed by atoms with Gasteiger partial charge in [-0.15, -0.1) is 0 Å². The Morgan fingerprint density at radius 3 is 3.18 bits per heavy atom. The number of nitrogens with zero attached hydrogens (tertiary/aromatic N) is 1. The van der Waals surface area contributed by atoms with Crippen LogP contribution < -0.4 is 5.73 Å². The fourth-order valence-corrected chi connectivity index (χ4v) is 1.46. The fourth-order valence-electron chi connectivity index (χ4n) is 1.46. The zero-order chi connectivity index (χ0) is 7.84. The molecule has 0 bridgehead atoms. The average Bonchev–Trinajstić information content (AvgIpc) is 2.30. The van der Waals surface area contributed by atoms with Gasteiger partial charge in [0, 0.05) is 29.9 Å². The minimum atomic E-state index is -0.515. The van der Waals surface area contributed by atoms with E-state index < -0.39 is 6.10 Å². The summed E-state index contributed by atoms with van der Waals surface area (Å²) in [6.45, 7) is 0. The summed E-state index contributed by atoms with van der Waals surface area (Å²) in [7, 11) is 0. The first-order valence-corrected chi connectivity index (χ1v) is 3.66. The molecule has 58 valence electrons. The number of aromatic nitrogens is 1. The van der Waals surface area contributed by atoms with Crippen LogP contribution in [0.1, 0.15) is 17.4 Å². The molecule has 0 spiro atoms. The summed E-state index contributed by atoms with van der Waals surface area (Å²) in [4.78, 5) is 4.12. The third kappa shape index (κ3) is 0.931. The molecular weight excluding hydrogens is 140 g/mol. The zero-order valence-electron chi connectivity index (χ0n) is 6.07. The van der Waals surface area contributed by atoms with Gasteiger partial charge in [0.15, 0.2) is 0 Å². The van der Waals surface area contributed by atoms with Crippen LogP contribution in [0.5, 0.6) is 0 Å². The van der Waals surface area contributed by atoms with Gasteiger partial charge in [0.25, 0.3) is 0 Å². The van der Waals surface area contributed by atoms with Gasteiger partial charge in [-0.1, -0.05) is 6.07 Å². The van der Waals surface area contributed by atoms with Crippen molar-refractivity contribution >= 4 is 0 Å². The molecule has 0 fully saturated rings. The number of pyridine rings is 1. The number of aliphatic hydroxyl groups excluding tert-OH is 1. The minimum absolute atomic E-state index is 0.167. The SMILES string of the molecule is NC1Cc2ncccc2C1O. The first kappa shape index (κ1) is 6.76. The first-order chi connectivity index (χ1) is 5.29. The van der Waals surface area contributed by atoms with Crippen LogP contribution >= 0.6 is 0 Å². The van der Waals surface area contributed by atoms with Gasteiger partial charge in [0.2, 0.25) is 0 Å². The molecule has 1 aliphatic carbocycles. The lowest BCUT2D eigenvalue weighted by Crippen LogP contribution is -2.24. The average molecular weight is 150 g/mol. The Kier molecular flexibility index (Phi) is 1.41. The van der Waals surface area contributed by atoms with Crippen molar-refractivity contribution < 1.29 is 5.11 Å². The second-order valence-corrected chi connectivity index (χ2v) is 2.85. The molecule has 0 aromatic carbocycles. The first-order valence-electron chi connectivity index (χ1n) is 3.66. The zero-order valence-corrected chi connectivity index (χ0v) is 6.07. The highest BCUT2D eigenvalue weighted by atomic mass is 16.3. The van der Waals surface area contributed by atoms with Crippen molar-refractivity contribution in [2.45, 2.75) is 18.6 Å². The molecule has 1 aromatic rings. The topological polar surface area (TPSA) is 59.1 Å². The highest BCUT2D eigenvalue weighted by Crippen LogP contribution is 2.27. The molecule has 3 nitrogen and oxygen atoms in total. The molecule has 1 heterocycles. The van der Waals surface area contributed by atoms with Crippen LogP contribution in [0, 0.1) is 0 Å². The van der Waals surface area contributed by atoms with E-state index >= 15 is 0 Å². The Labute approximate surface area is 64.9 Å². The summed E-state index contributed by atoms with van der Waals surface area (Å²) in [5.41, 5.74) is 7.46. The number of hydrogen-bond donors (Lipinski definition) is 2. The van der Waals surface area contributed by atoms with Crippen LogP contribution in [0.15, 0.2) is 18.3 Å². The molecule has 0 saturated carbocycles. The van der Waals surface area contributed by atoms with Crippen LogP contribution in [-0.4, -0.2) is 16.1 Å². The third-order valence-corrected chi connectivity index (χ3v) is 2.08. The van der Waals surface area contributed by atoms with Crippen LogP contribution in [0.4, 0.5) is 0 Å². The van der Waals surface area contributed by atoms with E-state index in [0.29, 0.717) is 6.42 Å². The number of aliphatic hydroxyl groups is 1. The van der Waals surface area contributed by atoms with E-state index in [-0.39, 0.29) is 6.04 Å². The number of nitrogens with two attached hydrogens (primary N) is 1. The van der Waals surface area contributed by atoms with E-state index in [0.717, 1.165) is 11.3 Å². The molecule has 11 heavy (non-hydrogen) atoms. The van der Waals surface area contributed by atoms with Gasteiger partial charge in [-0.3, -0.25) is 4.98 Å². The van der Waals surface area contributed by atoms with Gasteiger partial charge in [-0.2, -0.15) is 0 Å². The molecule has 2 unspecified atom stereocenters. The molecule has 0 saturated heterocycles. The van der Waals surface area contributed by atoms with E-state index in [1.54, 1.807) is 6.20 Å². The quantitative estimate of drug-likeness (QED) is 0.547. The summed E-state index contributed by atoms with van der Waals surface area (Å²) in [5.74, 6) is 0. The van der Waals surface area contributed by atoms with Crippen molar-refractivity contribution in [3.63, 3.8) is 0 Å². The van der Waals surface area contributed by atoms with Crippen molar-refractivity contribution in [3.05, 3.63) is 29.6 Å². The molecule has 1 aliphatic rings. The van der Waals surface area contributed by atoms with Gasteiger partial charge in [-0.25, -0.2) is 0 Å². The van der Waals surface area contributed by atoms with Gasteiger partial charge in [0.1, 0.15) is 0 Å². The summed E-state index contributed by atoms with van der Waals surface area (Å²) < 4.78 is 0. The summed E-state index contributed by atoms with van der Waals surface area (Å²) in [6.07, 6.45) is 1.90. The number of fused-ring (bicyclic) bond motifs is 1. The lowest BCUT2D eigenvalue weighted by atomic mass is 10.2. The molecular formula is C8H10N2O. The van der Waals surface area contributed by atoms with E-state index in [2.05, 4.69) is 4.98 Å². The Hall–Kier alpha value is -0.930. The molecule has 0 radical (unpaired) electrons. The molecule has 2 atom stereocenters. The van der Waals surface area contributed by atoms with Crippen molar-refractivity contribution in [2.24, 2.45) is 5.73 Å². The summed E-state index contributed by atoms with van der Waals surface area (Å²) in [5, 5.41) is 9.48. The maximum absolute atomic E-state index is 9.48. The lowest BCUT2D eigenvalue weighted by molar-refractivity contribution is 0.159. The van der Waals surface area contributed by atoms with E-state index in [1.807, 2.05) is 12.1 Å². The van der Waals surface area contributed by atoms with Crippen molar-refractivity contribution in [2.75, 3.05) is 0 Å². The van der Waals surface area contributed by atoms with Crippen molar-refractivity contribution in [3.8, 4) is 0 Å². The van der Waals surface area contributed by atoms with E-state index in [9.17, 15) is 5.11 Å². The van der Waals surface area contributed by atoms with E-state index in [1.165, 1.54) is 0 Å². The predicted molar refractivity (Wildman–Crippen MR) is 40.9 cm³/mol. The van der Waals surface area contributed by atoms with Gasteiger partial charge in [0.05, 0.1) is 6.10 Å². The van der Waals surface area contributed by atoms with Gasteiger partial charge in [-0.05, 0) is 6.07 Å². The highest BCUT2D eigenvalue weighted by Gasteiger charge is 2.28. The van der Waals surface area contributed by atoms with Gasteiger partial charge < -0.3 is 10.8 Å². The van der Waals surface area contributed by atoms with Gasteiger partial charge >= 0.3 is 0 Å². The van der Waals surface area contributed by atoms with Crippen molar-refractivity contribution in [1.29, 1.82) is 0 Å². The monoisotopic (exact) mass is 150 g/mol. The predicted octanol–water partition coefficient (Wildman–Crippen LogP) is -0.00160. The Morgan fingerprint density at radius 1 is 1.64 bits per heavy atom. The fraction of sp³-hybridized carbons (Fsp3) is 0.375. The van der Waals surface area contributed by atoms with E-state index in [4.69, 9.17) is 5.73 Å². The maximum Gasteiger partial charge on any atom is 0.0962 e. The number of hydrogen-bond acceptors (Lipinski definition) is 3. The molecule has 0 aliphatic heterocycles. The Morgan fingerprint density at radius 2 is 2.45 bits per heavy atom. The lowest BCUT2D eigenvalue weighted by Gasteiger charge is -2.06. The Bertz CT molecular complexity index is 275. The second kappa shape index (κ2) is 2.29. The second-order valence-electron chi connectivity index (χ2n) is 2.85. The summed E-state index contributed by atoms with van der Waals surface area (Å²) >= 11 is 0.